The van der Waals surface area contributed by atoms with E-state index in [0.29, 0.717) is 29.0 Å². The number of halogens is 3. The zero-order valence-electron chi connectivity index (χ0n) is 21.3. The van der Waals surface area contributed by atoms with Crippen molar-refractivity contribution in [3.8, 4) is 5.75 Å². The van der Waals surface area contributed by atoms with Crippen LogP contribution < -0.4 is 9.64 Å². The number of rotatable bonds is 6. The van der Waals surface area contributed by atoms with Crippen LogP contribution in [0.25, 0.3) is 6.08 Å². The van der Waals surface area contributed by atoms with Gasteiger partial charge in [0, 0.05) is 18.3 Å². The lowest BCUT2D eigenvalue weighted by Crippen LogP contribution is -2.60. The fraction of sp³-hybridized carbons (Fsp3) is 0.300. The molecule has 1 unspecified atom stereocenters. The molecule has 0 aliphatic carbocycles. The topological polar surface area (TPSA) is 38.8 Å². The third-order valence-corrected chi connectivity index (χ3v) is 6.94. The molecule has 1 aliphatic rings. The van der Waals surface area contributed by atoms with Crippen LogP contribution in [0.1, 0.15) is 47.6 Å². The fourth-order valence-corrected chi connectivity index (χ4v) is 5.01. The first kappa shape index (κ1) is 26.3. The molecule has 0 saturated carbocycles. The standard InChI is InChI=1S/C30H30F3NO3/c1-20(2)22-8-12-25(13-9-22)34-18-17-23-19-26(36-3)14-15-27(23)29(34,30(31,32)33)24-10-5-21(6-11-24)7-16-28(35)37-4/h5-16,19-20H,17-18H2,1-4H3. The lowest BCUT2D eigenvalue weighted by molar-refractivity contribution is -0.179. The zero-order chi connectivity index (χ0) is 26.8. The third-order valence-electron chi connectivity index (χ3n) is 6.94. The van der Waals surface area contributed by atoms with E-state index in [9.17, 15) is 4.79 Å². The summed E-state index contributed by atoms with van der Waals surface area (Å²) < 4.78 is 56.5. The van der Waals surface area contributed by atoms with E-state index in [-0.39, 0.29) is 23.6 Å². The first-order valence-corrected chi connectivity index (χ1v) is 12.1. The summed E-state index contributed by atoms with van der Waals surface area (Å²) in [6.07, 6.45) is -1.47. The number of carbonyl (C=O) groups is 1. The van der Waals surface area contributed by atoms with Gasteiger partial charge >= 0.3 is 12.1 Å². The number of benzene rings is 3. The van der Waals surface area contributed by atoms with Crippen LogP contribution in [0.15, 0.2) is 72.8 Å². The Morgan fingerprint density at radius 3 is 2.24 bits per heavy atom. The van der Waals surface area contributed by atoms with Crippen LogP contribution in [0, 0.1) is 0 Å². The first-order valence-electron chi connectivity index (χ1n) is 12.1. The minimum atomic E-state index is -4.66. The van der Waals surface area contributed by atoms with Crippen LogP contribution in [0.2, 0.25) is 0 Å². The zero-order valence-corrected chi connectivity index (χ0v) is 21.3. The molecular formula is C30H30F3NO3. The summed E-state index contributed by atoms with van der Waals surface area (Å²) in [7, 11) is 2.77. The van der Waals surface area contributed by atoms with E-state index in [4.69, 9.17) is 4.74 Å². The Labute approximate surface area is 215 Å². The van der Waals surface area contributed by atoms with Crippen LogP contribution >= 0.6 is 0 Å². The maximum absolute atomic E-state index is 15.5. The molecule has 37 heavy (non-hydrogen) atoms. The van der Waals surface area contributed by atoms with Crippen molar-refractivity contribution in [2.45, 2.75) is 37.9 Å². The smallest absolute Gasteiger partial charge is 0.420 e. The third kappa shape index (κ3) is 4.82. The highest BCUT2D eigenvalue weighted by Crippen LogP contribution is 2.53. The number of hydrogen-bond acceptors (Lipinski definition) is 4. The summed E-state index contributed by atoms with van der Waals surface area (Å²) in [6, 6.07) is 18.3. The molecule has 0 spiro atoms. The summed E-state index contributed by atoms with van der Waals surface area (Å²) in [5.41, 5.74) is 0.596. The van der Waals surface area contributed by atoms with Gasteiger partial charge in [0.05, 0.1) is 14.2 Å². The van der Waals surface area contributed by atoms with Gasteiger partial charge in [-0.3, -0.25) is 0 Å². The van der Waals surface area contributed by atoms with Gasteiger partial charge in [-0.15, -0.1) is 0 Å². The Morgan fingerprint density at radius 2 is 1.68 bits per heavy atom. The second-order valence-electron chi connectivity index (χ2n) is 9.36. The monoisotopic (exact) mass is 509 g/mol. The van der Waals surface area contributed by atoms with Crippen molar-refractivity contribution in [2.24, 2.45) is 0 Å². The number of esters is 1. The molecule has 0 aromatic heterocycles. The SMILES string of the molecule is COC(=O)C=Cc1ccc(C2(C(F)(F)F)c3ccc(OC)cc3CCN2c2ccc(C(C)C)cc2)cc1. The molecule has 1 heterocycles. The van der Waals surface area contributed by atoms with Crippen LogP contribution in [0.3, 0.4) is 0 Å². The number of methoxy groups -OCH3 is 2. The van der Waals surface area contributed by atoms with E-state index in [2.05, 4.69) is 18.6 Å². The highest BCUT2D eigenvalue weighted by atomic mass is 19.4. The van der Waals surface area contributed by atoms with Crippen molar-refractivity contribution in [1.82, 2.24) is 0 Å². The molecule has 3 aromatic carbocycles. The van der Waals surface area contributed by atoms with Gasteiger partial charge in [0.2, 0.25) is 0 Å². The molecule has 0 saturated heterocycles. The number of fused-ring (bicyclic) bond motifs is 1. The molecule has 0 bridgehead atoms. The number of ether oxygens (including phenoxy) is 2. The predicted molar refractivity (Wildman–Crippen MR) is 139 cm³/mol. The predicted octanol–water partition coefficient (Wildman–Crippen LogP) is 6.87. The fourth-order valence-electron chi connectivity index (χ4n) is 5.01. The Hall–Kier alpha value is -3.74. The molecule has 4 rings (SSSR count). The molecule has 3 aromatic rings. The lowest BCUT2D eigenvalue weighted by Gasteiger charge is -2.50. The lowest BCUT2D eigenvalue weighted by atomic mass is 9.74. The summed E-state index contributed by atoms with van der Waals surface area (Å²) in [6.45, 7) is 4.27. The van der Waals surface area contributed by atoms with E-state index < -0.39 is 17.7 Å². The van der Waals surface area contributed by atoms with Gasteiger partial charge in [-0.25, -0.2) is 4.79 Å². The number of alkyl halides is 3. The van der Waals surface area contributed by atoms with Crippen molar-refractivity contribution in [3.63, 3.8) is 0 Å². The van der Waals surface area contributed by atoms with Crippen molar-refractivity contribution >= 4 is 17.7 Å². The van der Waals surface area contributed by atoms with Gasteiger partial charge < -0.3 is 14.4 Å². The average molecular weight is 510 g/mol. The minimum Gasteiger partial charge on any atom is -0.497 e. The average Bonchev–Trinajstić information content (AvgIpc) is 2.90. The molecule has 1 aliphatic heterocycles. The summed E-state index contributed by atoms with van der Waals surface area (Å²) in [5, 5.41) is 0. The van der Waals surface area contributed by atoms with Gasteiger partial charge in [-0.2, -0.15) is 13.2 Å². The van der Waals surface area contributed by atoms with E-state index in [1.807, 2.05) is 12.1 Å². The molecule has 0 fully saturated rings. The Kier molecular flexibility index (Phi) is 7.35. The van der Waals surface area contributed by atoms with E-state index in [0.717, 1.165) is 5.56 Å². The molecule has 0 N–H and O–H groups in total. The highest BCUT2D eigenvalue weighted by Gasteiger charge is 2.63. The molecule has 1 atom stereocenters. The van der Waals surface area contributed by atoms with Gasteiger partial charge in [-0.1, -0.05) is 56.3 Å². The quantitative estimate of drug-likeness (QED) is 0.268. The van der Waals surface area contributed by atoms with Gasteiger partial charge in [0.1, 0.15) is 5.75 Å². The van der Waals surface area contributed by atoms with Gasteiger partial charge in [0.25, 0.3) is 0 Å². The molecule has 7 heteroatoms. The number of anilines is 1. The Morgan fingerprint density at radius 1 is 1.00 bits per heavy atom. The molecule has 194 valence electrons. The van der Waals surface area contributed by atoms with Crippen molar-refractivity contribution in [1.29, 1.82) is 0 Å². The van der Waals surface area contributed by atoms with Gasteiger partial charge in [0.15, 0.2) is 5.54 Å². The molecule has 4 nitrogen and oxygen atoms in total. The van der Waals surface area contributed by atoms with Gasteiger partial charge in [-0.05, 0) is 70.5 Å². The Bertz CT molecular complexity index is 1280. The summed E-state index contributed by atoms with van der Waals surface area (Å²) in [4.78, 5) is 12.9. The van der Waals surface area contributed by atoms with Crippen molar-refractivity contribution in [2.75, 3.05) is 25.7 Å². The number of hydrogen-bond donors (Lipinski definition) is 0. The minimum absolute atomic E-state index is 0.0919. The number of carbonyl (C=O) groups excluding carboxylic acids is 1. The normalized spacial score (nSPS) is 17.7. The molecular weight excluding hydrogens is 479 g/mol. The van der Waals surface area contributed by atoms with E-state index in [1.54, 1.807) is 36.4 Å². The molecule has 0 amide bonds. The van der Waals surface area contributed by atoms with E-state index >= 15 is 13.2 Å². The molecule has 0 radical (unpaired) electrons. The number of nitrogens with zero attached hydrogens (tertiary/aromatic N) is 1. The van der Waals surface area contributed by atoms with Crippen LogP contribution in [0.4, 0.5) is 18.9 Å². The second-order valence-corrected chi connectivity index (χ2v) is 9.36. The summed E-state index contributed by atoms with van der Waals surface area (Å²) in [5.74, 6) is 0.247. The first-order chi connectivity index (χ1) is 17.6. The highest BCUT2D eigenvalue weighted by molar-refractivity contribution is 5.86. The second kappa shape index (κ2) is 10.3. The van der Waals surface area contributed by atoms with Crippen molar-refractivity contribution in [3.05, 3.63) is 101 Å². The maximum atomic E-state index is 15.5. The van der Waals surface area contributed by atoms with Crippen LogP contribution in [-0.4, -0.2) is 32.9 Å². The Balaban J connectivity index is 1.93. The summed E-state index contributed by atoms with van der Waals surface area (Å²) >= 11 is 0. The van der Waals surface area contributed by atoms with Crippen LogP contribution in [0.5, 0.6) is 5.75 Å². The largest absolute Gasteiger partial charge is 0.497 e. The maximum Gasteiger partial charge on any atom is 0.420 e. The van der Waals surface area contributed by atoms with Crippen LogP contribution in [-0.2, 0) is 21.5 Å². The van der Waals surface area contributed by atoms with Crippen molar-refractivity contribution < 1.29 is 27.4 Å². The van der Waals surface area contributed by atoms with E-state index in [1.165, 1.54) is 49.5 Å².